The van der Waals surface area contributed by atoms with E-state index in [1.807, 2.05) is 0 Å². The van der Waals surface area contributed by atoms with Crippen molar-refractivity contribution in [2.24, 2.45) is 0 Å². The topological polar surface area (TPSA) is 15.3 Å². The molecule has 4 atom stereocenters. The summed E-state index contributed by atoms with van der Waals surface area (Å²) in [6, 6.07) is 2.24. The second-order valence-electron chi connectivity index (χ2n) is 5.35. The quantitative estimate of drug-likeness (QED) is 0.818. The van der Waals surface area contributed by atoms with Crippen LogP contribution in [-0.4, -0.2) is 47.1 Å². The fraction of sp³-hybridized carbons (Fsp3) is 1.00. The molecule has 16 heavy (non-hydrogen) atoms. The first-order valence-corrected chi connectivity index (χ1v) is 7.88. The van der Waals surface area contributed by atoms with E-state index in [0.29, 0.717) is 6.04 Å². The van der Waals surface area contributed by atoms with E-state index in [4.69, 9.17) is 0 Å². The maximum atomic E-state index is 3.58. The molecule has 1 N–H and O–H groups in total. The molecule has 94 valence electrons. The zero-order chi connectivity index (χ0) is 11.5. The third-order valence-electron chi connectivity index (χ3n) is 4.04. The van der Waals surface area contributed by atoms with Gasteiger partial charge in [-0.15, -0.1) is 0 Å². The molecule has 2 nitrogen and oxygen atoms in total. The number of hydrogen-bond donors (Lipinski definition) is 1. The molecule has 1 aliphatic heterocycles. The molecule has 1 saturated carbocycles. The molecule has 0 aromatic heterocycles. The Labute approximate surface area is 105 Å². The van der Waals surface area contributed by atoms with Crippen LogP contribution in [0.3, 0.4) is 0 Å². The lowest BCUT2D eigenvalue weighted by Crippen LogP contribution is -2.58. The number of rotatable bonds is 3. The second kappa shape index (κ2) is 5.74. The summed E-state index contributed by atoms with van der Waals surface area (Å²) in [5.41, 5.74) is 0. The predicted octanol–water partition coefficient (Wildman–Crippen LogP) is 2.34. The molecule has 4 unspecified atom stereocenters. The van der Waals surface area contributed by atoms with E-state index in [2.05, 4.69) is 42.7 Å². The molecule has 2 aliphatic rings. The number of thioether (sulfide) groups is 1. The Hall–Kier alpha value is 0.270. The van der Waals surface area contributed by atoms with E-state index in [9.17, 15) is 0 Å². The van der Waals surface area contributed by atoms with Crippen LogP contribution in [0.15, 0.2) is 0 Å². The van der Waals surface area contributed by atoms with Crippen LogP contribution in [0, 0.1) is 0 Å². The zero-order valence-corrected chi connectivity index (χ0v) is 11.7. The summed E-state index contributed by atoms with van der Waals surface area (Å²) in [6.45, 7) is 9.40. The first-order chi connectivity index (χ1) is 7.72. The van der Waals surface area contributed by atoms with Crippen LogP contribution < -0.4 is 5.32 Å². The van der Waals surface area contributed by atoms with Crippen molar-refractivity contribution in [2.75, 3.05) is 18.8 Å². The van der Waals surface area contributed by atoms with Crippen molar-refractivity contribution in [3.63, 3.8) is 0 Å². The monoisotopic (exact) mass is 242 g/mol. The van der Waals surface area contributed by atoms with Crippen LogP contribution in [-0.2, 0) is 0 Å². The van der Waals surface area contributed by atoms with Crippen LogP contribution in [0.2, 0.25) is 0 Å². The molecule has 0 amide bonds. The van der Waals surface area contributed by atoms with Crippen LogP contribution in [0.4, 0.5) is 0 Å². The van der Waals surface area contributed by atoms with Gasteiger partial charge < -0.3 is 5.32 Å². The predicted molar refractivity (Wildman–Crippen MR) is 73.2 cm³/mol. The van der Waals surface area contributed by atoms with Crippen molar-refractivity contribution in [1.29, 1.82) is 0 Å². The smallest absolute Gasteiger partial charge is 0.0218 e. The first kappa shape index (κ1) is 12.7. The third kappa shape index (κ3) is 2.74. The molecule has 0 bridgehead atoms. The zero-order valence-electron chi connectivity index (χ0n) is 10.9. The molecule has 1 saturated heterocycles. The SMILES string of the molecule is CCSC1CCCC1N1CC(C)NCC1C. The molecule has 1 aliphatic carbocycles. The minimum atomic E-state index is 0.670. The number of hydrogen-bond acceptors (Lipinski definition) is 3. The first-order valence-electron chi connectivity index (χ1n) is 6.83. The summed E-state index contributed by atoms with van der Waals surface area (Å²) < 4.78 is 0. The highest BCUT2D eigenvalue weighted by atomic mass is 32.2. The van der Waals surface area contributed by atoms with Gasteiger partial charge in [0.1, 0.15) is 0 Å². The molecule has 0 aromatic rings. The Kier molecular flexibility index (Phi) is 4.57. The molecule has 2 rings (SSSR count). The molecule has 2 fully saturated rings. The molecule has 1 heterocycles. The number of nitrogens with one attached hydrogen (secondary N) is 1. The lowest BCUT2D eigenvalue weighted by molar-refractivity contribution is 0.0999. The van der Waals surface area contributed by atoms with E-state index < -0.39 is 0 Å². The van der Waals surface area contributed by atoms with Gasteiger partial charge in [0.25, 0.3) is 0 Å². The van der Waals surface area contributed by atoms with Gasteiger partial charge in [0.15, 0.2) is 0 Å². The standard InChI is InChI=1S/C13H26N2S/c1-4-16-13-7-5-6-12(13)15-9-10(2)14-8-11(15)3/h10-14H,4-9H2,1-3H3. The average Bonchev–Trinajstić information content (AvgIpc) is 2.70. The highest BCUT2D eigenvalue weighted by Crippen LogP contribution is 2.34. The summed E-state index contributed by atoms with van der Waals surface area (Å²) in [4.78, 5) is 2.78. The van der Waals surface area contributed by atoms with Crippen molar-refractivity contribution >= 4 is 11.8 Å². The average molecular weight is 242 g/mol. The van der Waals surface area contributed by atoms with Gasteiger partial charge in [-0.2, -0.15) is 11.8 Å². The fourth-order valence-corrected chi connectivity index (χ4v) is 4.48. The van der Waals surface area contributed by atoms with E-state index in [-0.39, 0.29) is 0 Å². The van der Waals surface area contributed by atoms with Gasteiger partial charge in [0.2, 0.25) is 0 Å². The Balaban J connectivity index is 1.98. The highest BCUT2D eigenvalue weighted by Gasteiger charge is 2.36. The van der Waals surface area contributed by atoms with Crippen LogP contribution >= 0.6 is 11.8 Å². The van der Waals surface area contributed by atoms with Crippen molar-refractivity contribution in [3.05, 3.63) is 0 Å². The van der Waals surface area contributed by atoms with E-state index in [1.54, 1.807) is 0 Å². The van der Waals surface area contributed by atoms with Crippen LogP contribution in [0.1, 0.15) is 40.0 Å². The summed E-state index contributed by atoms with van der Waals surface area (Å²) in [5.74, 6) is 1.27. The van der Waals surface area contributed by atoms with Gasteiger partial charge >= 0.3 is 0 Å². The van der Waals surface area contributed by atoms with Crippen LogP contribution in [0.5, 0.6) is 0 Å². The van der Waals surface area contributed by atoms with Crippen LogP contribution in [0.25, 0.3) is 0 Å². The molecule has 3 heteroatoms. The molecular formula is C13H26N2S. The Morgan fingerprint density at radius 2 is 2.12 bits per heavy atom. The van der Waals surface area contributed by atoms with E-state index >= 15 is 0 Å². The minimum absolute atomic E-state index is 0.670. The summed E-state index contributed by atoms with van der Waals surface area (Å²) in [6.07, 6.45) is 4.30. The number of piperazine rings is 1. The highest BCUT2D eigenvalue weighted by molar-refractivity contribution is 7.99. The van der Waals surface area contributed by atoms with Crippen molar-refractivity contribution < 1.29 is 0 Å². The Morgan fingerprint density at radius 1 is 1.31 bits per heavy atom. The molecular weight excluding hydrogens is 216 g/mol. The lowest BCUT2D eigenvalue weighted by atomic mass is 10.1. The van der Waals surface area contributed by atoms with Crippen molar-refractivity contribution in [1.82, 2.24) is 10.2 Å². The molecule has 0 radical (unpaired) electrons. The maximum absolute atomic E-state index is 3.58. The van der Waals surface area contributed by atoms with Gasteiger partial charge in [-0.05, 0) is 32.4 Å². The summed E-state index contributed by atoms with van der Waals surface area (Å²) in [5, 5.41) is 4.48. The van der Waals surface area contributed by atoms with E-state index in [1.165, 1.54) is 38.1 Å². The van der Waals surface area contributed by atoms with Gasteiger partial charge in [0, 0.05) is 36.5 Å². The fourth-order valence-electron chi connectivity index (χ4n) is 3.21. The normalized spacial score (nSPS) is 41.4. The lowest BCUT2D eigenvalue weighted by Gasteiger charge is -2.43. The number of nitrogens with zero attached hydrogens (tertiary/aromatic N) is 1. The van der Waals surface area contributed by atoms with Gasteiger partial charge in [0.05, 0.1) is 0 Å². The molecule has 0 aromatic carbocycles. The van der Waals surface area contributed by atoms with Gasteiger partial charge in [-0.3, -0.25) is 4.90 Å². The van der Waals surface area contributed by atoms with Gasteiger partial charge in [-0.1, -0.05) is 13.3 Å². The van der Waals surface area contributed by atoms with Crippen molar-refractivity contribution in [3.8, 4) is 0 Å². The maximum Gasteiger partial charge on any atom is 0.0218 e. The summed E-state index contributed by atoms with van der Waals surface area (Å²) >= 11 is 2.18. The van der Waals surface area contributed by atoms with Crippen molar-refractivity contribution in [2.45, 2.75) is 63.4 Å². The third-order valence-corrected chi connectivity index (χ3v) is 5.35. The minimum Gasteiger partial charge on any atom is -0.311 e. The molecule has 0 spiro atoms. The second-order valence-corrected chi connectivity index (χ2v) is 6.86. The largest absolute Gasteiger partial charge is 0.311 e. The van der Waals surface area contributed by atoms with Gasteiger partial charge in [-0.25, -0.2) is 0 Å². The summed E-state index contributed by atoms with van der Waals surface area (Å²) in [7, 11) is 0. The Bertz CT molecular complexity index is 222. The van der Waals surface area contributed by atoms with E-state index in [0.717, 1.165) is 17.3 Å². The Morgan fingerprint density at radius 3 is 2.88 bits per heavy atom.